The molecule has 136 valence electrons. The van der Waals surface area contributed by atoms with Crippen molar-refractivity contribution >= 4 is 34.2 Å². The molecule has 1 saturated heterocycles. The SMILES string of the molecule is C[C@]1(C2CC2)NC(=O)N(CC(=O)OCc2cc(=O)n3ccsc3n2)C1=O. The van der Waals surface area contributed by atoms with Crippen molar-refractivity contribution in [3.05, 3.63) is 33.7 Å². The highest BCUT2D eigenvalue weighted by Gasteiger charge is 2.56. The maximum Gasteiger partial charge on any atom is 0.326 e. The van der Waals surface area contributed by atoms with Gasteiger partial charge in [0.1, 0.15) is 18.7 Å². The number of hydrogen-bond donors (Lipinski definition) is 1. The quantitative estimate of drug-likeness (QED) is 0.602. The molecule has 9 nitrogen and oxygen atoms in total. The molecular weight excluding hydrogens is 360 g/mol. The van der Waals surface area contributed by atoms with Crippen molar-refractivity contribution in [2.24, 2.45) is 5.92 Å². The summed E-state index contributed by atoms with van der Waals surface area (Å²) in [6, 6.07) is 0.697. The van der Waals surface area contributed by atoms with E-state index in [1.54, 1.807) is 18.5 Å². The van der Waals surface area contributed by atoms with Gasteiger partial charge in [0.15, 0.2) is 4.96 Å². The Morgan fingerprint density at radius 3 is 2.92 bits per heavy atom. The van der Waals surface area contributed by atoms with Crippen LogP contribution in [0.4, 0.5) is 4.79 Å². The summed E-state index contributed by atoms with van der Waals surface area (Å²) in [5.41, 5.74) is -0.889. The van der Waals surface area contributed by atoms with Gasteiger partial charge in [0.2, 0.25) is 0 Å². The summed E-state index contributed by atoms with van der Waals surface area (Å²) in [4.78, 5) is 54.1. The number of nitrogens with zero attached hydrogens (tertiary/aromatic N) is 3. The minimum absolute atomic E-state index is 0.120. The Balaban J connectivity index is 1.40. The van der Waals surface area contributed by atoms with E-state index in [0.717, 1.165) is 17.7 Å². The zero-order chi connectivity index (χ0) is 18.5. The van der Waals surface area contributed by atoms with Crippen molar-refractivity contribution in [1.29, 1.82) is 0 Å². The maximum atomic E-state index is 12.5. The first-order chi connectivity index (χ1) is 12.4. The number of thiazole rings is 1. The van der Waals surface area contributed by atoms with Crippen molar-refractivity contribution in [2.75, 3.05) is 6.54 Å². The molecule has 2 aromatic heterocycles. The van der Waals surface area contributed by atoms with Crippen molar-refractivity contribution in [3.8, 4) is 0 Å². The lowest BCUT2D eigenvalue weighted by atomic mass is 9.96. The molecule has 1 aliphatic carbocycles. The van der Waals surface area contributed by atoms with Gasteiger partial charge in [-0.1, -0.05) is 0 Å². The molecular formula is C16H16N4O5S. The van der Waals surface area contributed by atoms with Crippen LogP contribution >= 0.6 is 11.3 Å². The summed E-state index contributed by atoms with van der Waals surface area (Å²) >= 11 is 1.29. The van der Waals surface area contributed by atoms with Crippen LogP contribution in [0, 0.1) is 5.92 Å². The summed E-state index contributed by atoms with van der Waals surface area (Å²) in [5.74, 6) is -1.02. The van der Waals surface area contributed by atoms with Crippen LogP contribution in [0.5, 0.6) is 0 Å². The Hall–Kier alpha value is -2.75. The lowest BCUT2D eigenvalue weighted by Gasteiger charge is -2.20. The Morgan fingerprint density at radius 2 is 2.19 bits per heavy atom. The first-order valence-electron chi connectivity index (χ1n) is 8.14. The Kier molecular flexibility index (Phi) is 3.79. The number of nitrogens with one attached hydrogen (secondary N) is 1. The predicted molar refractivity (Wildman–Crippen MR) is 90.5 cm³/mol. The second-order valence-electron chi connectivity index (χ2n) is 6.60. The monoisotopic (exact) mass is 376 g/mol. The van der Waals surface area contributed by atoms with E-state index in [9.17, 15) is 19.2 Å². The van der Waals surface area contributed by atoms with E-state index < -0.39 is 30.0 Å². The van der Waals surface area contributed by atoms with E-state index in [-0.39, 0.29) is 18.1 Å². The van der Waals surface area contributed by atoms with E-state index in [0.29, 0.717) is 10.7 Å². The third kappa shape index (κ3) is 2.75. The molecule has 1 saturated carbocycles. The van der Waals surface area contributed by atoms with E-state index in [1.807, 2.05) is 0 Å². The second kappa shape index (κ2) is 5.90. The molecule has 0 radical (unpaired) electrons. The van der Waals surface area contributed by atoms with Gasteiger partial charge in [-0.25, -0.2) is 9.78 Å². The van der Waals surface area contributed by atoms with E-state index in [4.69, 9.17) is 4.74 Å². The molecule has 0 aromatic carbocycles. The number of imide groups is 1. The van der Waals surface area contributed by atoms with Crippen LogP contribution in [-0.2, 0) is 20.9 Å². The summed E-state index contributed by atoms with van der Waals surface area (Å²) in [7, 11) is 0. The van der Waals surface area contributed by atoms with Gasteiger partial charge in [-0.15, -0.1) is 11.3 Å². The van der Waals surface area contributed by atoms with Gasteiger partial charge < -0.3 is 10.1 Å². The van der Waals surface area contributed by atoms with Crippen LogP contribution in [0.1, 0.15) is 25.5 Å². The Labute approximate surface area is 151 Å². The highest BCUT2D eigenvalue weighted by molar-refractivity contribution is 7.15. The van der Waals surface area contributed by atoms with Crippen LogP contribution in [-0.4, -0.2) is 44.3 Å². The van der Waals surface area contributed by atoms with Gasteiger partial charge in [0, 0.05) is 17.6 Å². The fourth-order valence-electron chi connectivity index (χ4n) is 3.09. The minimum atomic E-state index is -0.933. The van der Waals surface area contributed by atoms with Gasteiger partial charge in [0.25, 0.3) is 11.5 Å². The first kappa shape index (κ1) is 16.7. The zero-order valence-electron chi connectivity index (χ0n) is 13.9. The van der Waals surface area contributed by atoms with Crippen LogP contribution in [0.25, 0.3) is 4.96 Å². The molecule has 3 amide bonds. The standard InChI is InChI=1S/C16H16N4O5S/c1-16(9-2-3-9)13(23)20(14(24)18-16)7-12(22)25-8-10-6-11(21)19-4-5-26-15(19)17-10/h4-6,9H,2-3,7-8H2,1H3,(H,18,24)/t16-/m1/s1. The normalized spacial score (nSPS) is 22.7. The molecule has 1 aliphatic heterocycles. The number of fused-ring (bicyclic) bond motifs is 1. The van der Waals surface area contributed by atoms with Crippen LogP contribution in [0.3, 0.4) is 0 Å². The van der Waals surface area contributed by atoms with E-state index in [1.165, 1.54) is 21.8 Å². The van der Waals surface area contributed by atoms with Crippen molar-refractivity contribution in [3.63, 3.8) is 0 Å². The molecule has 2 fully saturated rings. The van der Waals surface area contributed by atoms with Gasteiger partial charge in [-0.05, 0) is 25.7 Å². The van der Waals surface area contributed by atoms with E-state index in [2.05, 4.69) is 10.3 Å². The lowest BCUT2D eigenvalue weighted by molar-refractivity contribution is -0.149. The van der Waals surface area contributed by atoms with E-state index >= 15 is 0 Å². The predicted octanol–water partition coefficient (Wildman–Crippen LogP) is 0.520. The fourth-order valence-corrected chi connectivity index (χ4v) is 3.83. The van der Waals surface area contributed by atoms with Crippen molar-refractivity contribution in [2.45, 2.75) is 31.9 Å². The molecule has 2 aromatic rings. The molecule has 1 N–H and O–H groups in total. The number of carbonyl (C=O) groups excluding carboxylic acids is 3. The summed E-state index contributed by atoms with van der Waals surface area (Å²) in [6.07, 6.45) is 3.38. The number of esters is 1. The highest BCUT2D eigenvalue weighted by Crippen LogP contribution is 2.42. The highest BCUT2D eigenvalue weighted by atomic mass is 32.1. The minimum Gasteiger partial charge on any atom is -0.458 e. The summed E-state index contributed by atoms with van der Waals surface area (Å²) < 4.78 is 6.48. The van der Waals surface area contributed by atoms with Crippen LogP contribution < -0.4 is 10.9 Å². The van der Waals surface area contributed by atoms with Gasteiger partial charge in [-0.2, -0.15) is 0 Å². The smallest absolute Gasteiger partial charge is 0.326 e. The second-order valence-corrected chi connectivity index (χ2v) is 7.47. The third-order valence-corrected chi connectivity index (χ3v) is 5.48. The molecule has 4 rings (SSSR count). The molecule has 0 spiro atoms. The number of aromatic nitrogens is 2. The third-order valence-electron chi connectivity index (χ3n) is 4.72. The largest absolute Gasteiger partial charge is 0.458 e. The number of ether oxygens (including phenoxy) is 1. The average Bonchev–Trinajstić information content (AvgIpc) is 3.31. The summed E-state index contributed by atoms with van der Waals surface area (Å²) in [6.45, 7) is 1.02. The molecule has 2 aliphatic rings. The average molecular weight is 376 g/mol. The number of carbonyl (C=O) groups is 3. The number of amides is 3. The molecule has 10 heteroatoms. The zero-order valence-corrected chi connectivity index (χ0v) is 14.7. The first-order valence-corrected chi connectivity index (χ1v) is 9.02. The number of hydrogen-bond acceptors (Lipinski definition) is 7. The van der Waals surface area contributed by atoms with Crippen molar-refractivity contribution < 1.29 is 19.1 Å². The molecule has 26 heavy (non-hydrogen) atoms. The molecule has 0 bridgehead atoms. The topological polar surface area (TPSA) is 110 Å². The molecule has 3 heterocycles. The van der Waals surface area contributed by atoms with Crippen molar-refractivity contribution in [1.82, 2.24) is 19.6 Å². The lowest BCUT2D eigenvalue weighted by Crippen LogP contribution is -2.46. The Morgan fingerprint density at radius 1 is 1.42 bits per heavy atom. The van der Waals surface area contributed by atoms with Gasteiger partial charge in [0.05, 0.1) is 5.69 Å². The molecule has 1 atom stereocenters. The fraction of sp³-hybridized carbons (Fsp3) is 0.438. The molecule has 0 unspecified atom stereocenters. The van der Waals surface area contributed by atoms with Gasteiger partial charge in [-0.3, -0.25) is 23.7 Å². The van der Waals surface area contributed by atoms with Crippen LogP contribution in [0.15, 0.2) is 22.4 Å². The number of urea groups is 1. The number of rotatable bonds is 5. The summed E-state index contributed by atoms with van der Waals surface area (Å²) in [5, 5.41) is 4.40. The Bertz CT molecular complexity index is 978. The van der Waals surface area contributed by atoms with Gasteiger partial charge >= 0.3 is 12.0 Å². The maximum absolute atomic E-state index is 12.5. The van der Waals surface area contributed by atoms with Crippen LogP contribution in [0.2, 0.25) is 0 Å².